The second-order valence-corrected chi connectivity index (χ2v) is 4.58. The number of benzene rings is 1. The first-order valence-electron chi connectivity index (χ1n) is 5.93. The SMILES string of the molecule is C=C(CC)CC(O)Cc1ccc(C)c(C)c1. The van der Waals surface area contributed by atoms with Crippen LogP contribution in [-0.4, -0.2) is 11.2 Å². The predicted molar refractivity (Wildman–Crippen MR) is 69.7 cm³/mol. The third-order valence-electron chi connectivity index (χ3n) is 3.07. The third kappa shape index (κ3) is 3.82. The molecule has 0 aromatic heterocycles. The van der Waals surface area contributed by atoms with Crippen molar-refractivity contribution in [3.63, 3.8) is 0 Å². The highest BCUT2D eigenvalue weighted by molar-refractivity contribution is 5.30. The smallest absolute Gasteiger partial charge is 0.0617 e. The van der Waals surface area contributed by atoms with E-state index in [9.17, 15) is 5.11 Å². The first-order chi connectivity index (χ1) is 7.52. The maximum absolute atomic E-state index is 9.90. The van der Waals surface area contributed by atoms with E-state index in [0.29, 0.717) is 6.42 Å². The Morgan fingerprint density at radius 1 is 1.31 bits per heavy atom. The summed E-state index contributed by atoms with van der Waals surface area (Å²) in [5.74, 6) is 0. The van der Waals surface area contributed by atoms with Crippen molar-refractivity contribution in [2.24, 2.45) is 0 Å². The summed E-state index contributed by atoms with van der Waals surface area (Å²) >= 11 is 0. The summed E-state index contributed by atoms with van der Waals surface area (Å²) in [4.78, 5) is 0. The van der Waals surface area contributed by atoms with Crippen LogP contribution in [-0.2, 0) is 6.42 Å². The number of hydrogen-bond donors (Lipinski definition) is 1. The molecular weight excluding hydrogens is 196 g/mol. The van der Waals surface area contributed by atoms with Gasteiger partial charge in [-0.25, -0.2) is 0 Å². The summed E-state index contributed by atoms with van der Waals surface area (Å²) in [6.45, 7) is 10.2. The first-order valence-corrected chi connectivity index (χ1v) is 5.93. The molecule has 0 radical (unpaired) electrons. The zero-order valence-electron chi connectivity index (χ0n) is 10.6. The average Bonchev–Trinajstić information content (AvgIpc) is 2.23. The molecule has 1 atom stereocenters. The van der Waals surface area contributed by atoms with Gasteiger partial charge in [0.2, 0.25) is 0 Å². The van der Waals surface area contributed by atoms with Gasteiger partial charge in [0.15, 0.2) is 0 Å². The standard InChI is InChI=1S/C15H22O/c1-5-11(2)8-15(16)10-14-7-6-12(3)13(4)9-14/h6-7,9,15-16H,2,5,8,10H2,1,3-4H3. The summed E-state index contributed by atoms with van der Waals surface area (Å²) in [5.41, 5.74) is 4.92. The van der Waals surface area contributed by atoms with Gasteiger partial charge in [0.05, 0.1) is 6.10 Å². The Labute approximate surface area is 98.8 Å². The van der Waals surface area contributed by atoms with Crippen LogP contribution in [0.5, 0.6) is 0 Å². The lowest BCUT2D eigenvalue weighted by atomic mass is 9.98. The van der Waals surface area contributed by atoms with Crippen LogP contribution in [0.4, 0.5) is 0 Å². The lowest BCUT2D eigenvalue weighted by molar-refractivity contribution is 0.174. The van der Waals surface area contributed by atoms with Crippen molar-refractivity contribution in [3.05, 3.63) is 47.0 Å². The van der Waals surface area contributed by atoms with Crippen molar-refractivity contribution in [2.45, 2.75) is 46.1 Å². The van der Waals surface area contributed by atoms with Gasteiger partial charge in [-0.3, -0.25) is 0 Å². The van der Waals surface area contributed by atoms with Crippen LogP contribution in [0.15, 0.2) is 30.4 Å². The van der Waals surface area contributed by atoms with E-state index in [1.807, 2.05) is 0 Å². The topological polar surface area (TPSA) is 20.2 Å². The minimum atomic E-state index is -0.297. The molecule has 16 heavy (non-hydrogen) atoms. The molecule has 88 valence electrons. The van der Waals surface area contributed by atoms with Gasteiger partial charge in [-0.05, 0) is 49.8 Å². The zero-order valence-corrected chi connectivity index (χ0v) is 10.6. The van der Waals surface area contributed by atoms with Crippen molar-refractivity contribution in [3.8, 4) is 0 Å². The lowest BCUT2D eigenvalue weighted by Crippen LogP contribution is -2.11. The van der Waals surface area contributed by atoms with Crippen molar-refractivity contribution < 1.29 is 5.11 Å². The third-order valence-corrected chi connectivity index (χ3v) is 3.07. The molecule has 1 rings (SSSR count). The fraction of sp³-hybridized carbons (Fsp3) is 0.467. The molecule has 0 aliphatic rings. The second kappa shape index (κ2) is 5.86. The molecular formula is C15H22O. The van der Waals surface area contributed by atoms with E-state index in [0.717, 1.165) is 18.4 Å². The number of aliphatic hydroxyl groups excluding tert-OH is 1. The average molecular weight is 218 g/mol. The van der Waals surface area contributed by atoms with E-state index in [1.165, 1.54) is 16.7 Å². The Kier molecular flexibility index (Phi) is 4.75. The van der Waals surface area contributed by atoms with Crippen LogP contribution in [0.2, 0.25) is 0 Å². The van der Waals surface area contributed by atoms with Crippen molar-refractivity contribution in [2.75, 3.05) is 0 Å². The highest BCUT2D eigenvalue weighted by Gasteiger charge is 2.07. The number of hydrogen-bond acceptors (Lipinski definition) is 1. The van der Waals surface area contributed by atoms with E-state index < -0.39 is 0 Å². The maximum Gasteiger partial charge on any atom is 0.0617 e. The molecule has 1 unspecified atom stereocenters. The van der Waals surface area contributed by atoms with Gasteiger partial charge in [0.1, 0.15) is 0 Å². The minimum absolute atomic E-state index is 0.297. The molecule has 0 saturated carbocycles. The van der Waals surface area contributed by atoms with Gasteiger partial charge in [-0.15, -0.1) is 0 Å². The summed E-state index contributed by atoms with van der Waals surface area (Å²) in [6.07, 6.45) is 2.09. The van der Waals surface area contributed by atoms with Crippen LogP contribution in [0.25, 0.3) is 0 Å². The maximum atomic E-state index is 9.90. The van der Waals surface area contributed by atoms with E-state index in [2.05, 4.69) is 45.5 Å². The molecule has 1 aromatic rings. The van der Waals surface area contributed by atoms with E-state index >= 15 is 0 Å². The number of rotatable bonds is 5. The summed E-state index contributed by atoms with van der Waals surface area (Å²) in [5, 5.41) is 9.90. The highest BCUT2D eigenvalue weighted by Crippen LogP contribution is 2.15. The van der Waals surface area contributed by atoms with Crippen LogP contribution >= 0.6 is 0 Å². The van der Waals surface area contributed by atoms with Gasteiger partial charge in [0.25, 0.3) is 0 Å². The van der Waals surface area contributed by atoms with Crippen LogP contribution in [0, 0.1) is 13.8 Å². The minimum Gasteiger partial charge on any atom is -0.392 e. The van der Waals surface area contributed by atoms with Crippen molar-refractivity contribution >= 4 is 0 Å². The van der Waals surface area contributed by atoms with Gasteiger partial charge < -0.3 is 5.11 Å². The molecule has 1 N–H and O–H groups in total. The largest absolute Gasteiger partial charge is 0.392 e. The van der Waals surface area contributed by atoms with Crippen LogP contribution in [0.3, 0.4) is 0 Å². The highest BCUT2D eigenvalue weighted by atomic mass is 16.3. The van der Waals surface area contributed by atoms with Gasteiger partial charge in [-0.1, -0.05) is 37.3 Å². The molecule has 0 amide bonds. The number of aryl methyl sites for hydroxylation is 2. The molecule has 1 nitrogen and oxygen atoms in total. The Hall–Kier alpha value is -1.08. The Morgan fingerprint density at radius 2 is 2.00 bits per heavy atom. The fourth-order valence-electron chi connectivity index (χ4n) is 1.75. The van der Waals surface area contributed by atoms with Crippen molar-refractivity contribution in [1.82, 2.24) is 0 Å². The summed E-state index contributed by atoms with van der Waals surface area (Å²) in [7, 11) is 0. The van der Waals surface area contributed by atoms with E-state index in [1.54, 1.807) is 0 Å². The zero-order chi connectivity index (χ0) is 12.1. The normalized spacial score (nSPS) is 12.5. The Balaban J connectivity index is 2.59. The molecule has 0 fully saturated rings. The van der Waals surface area contributed by atoms with Gasteiger partial charge in [-0.2, -0.15) is 0 Å². The molecule has 0 heterocycles. The quantitative estimate of drug-likeness (QED) is 0.749. The Morgan fingerprint density at radius 3 is 2.56 bits per heavy atom. The van der Waals surface area contributed by atoms with Crippen molar-refractivity contribution in [1.29, 1.82) is 0 Å². The summed E-state index contributed by atoms with van der Waals surface area (Å²) in [6, 6.07) is 6.37. The van der Waals surface area contributed by atoms with Gasteiger partial charge in [0, 0.05) is 0 Å². The van der Waals surface area contributed by atoms with E-state index in [4.69, 9.17) is 0 Å². The first kappa shape index (κ1) is 13.0. The van der Waals surface area contributed by atoms with Crippen LogP contribution in [0.1, 0.15) is 36.5 Å². The molecule has 0 aliphatic carbocycles. The van der Waals surface area contributed by atoms with E-state index in [-0.39, 0.29) is 6.10 Å². The monoisotopic (exact) mass is 218 g/mol. The molecule has 0 spiro atoms. The lowest BCUT2D eigenvalue weighted by Gasteiger charge is -2.12. The molecule has 1 aromatic carbocycles. The number of aliphatic hydroxyl groups is 1. The molecule has 0 saturated heterocycles. The Bertz CT molecular complexity index is 366. The van der Waals surface area contributed by atoms with Gasteiger partial charge >= 0.3 is 0 Å². The molecule has 1 heteroatoms. The molecule has 0 bridgehead atoms. The van der Waals surface area contributed by atoms with Crippen LogP contribution < -0.4 is 0 Å². The predicted octanol–water partition coefficient (Wildman–Crippen LogP) is 3.56. The second-order valence-electron chi connectivity index (χ2n) is 4.58. The molecule has 0 aliphatic heterocycles. The summed E-state index contributed by atoms with van der Waals surface area (Å²) < 4.78 is 0. The fourth-order valence-corrected chi connectivity index (χ4v) is 1.75.